The Labute approximate surface area is 185 Å². The molecular weight excluding hydrogens is 396 g/mol. The molecule has 6 heteroatoms. The van der Waals surface area contributed by atoms with Gasteiger partial charge >= 0.3 is 0 Å². The molecule has 0 spiro atoms. The second-order valence-corrected chi connectivity index (χ2v) is 10.9. The molecule has 2 saturated carbocycles. The third-order valence-electron chi connectivity index (χ3n) is 6.94. The molecule has 0 aromatic carbocycles. The number of carbonyl (C=O) groups excluding carboxylic acids is 1. The van der Waals surface area contributed by atoms with Crippen LogP contribution in [0.5, 0.6) is 0 Å². The van der Waals surface area contributed by atoms with Gasteiger partial charge < -0.3 is 0 Å². The van der Waals surface area contributed by atoms with Gasteiger partial charge in [-0.15, -0.1) is 0 Å². The van der Waals surface area contributed by atoms with E-state index in [4.69, 9.17) is 16.6 Å². The molecule has 1 amide bonds. The quantitative estimate of drug-likeness (QED) is 0.523. The maximum Gasteiger partial charge on any atom is 0.227 e. The minimum absolute atomic E-state index is 0.0823. The predicted molar refractivity (Wildman–Crippen MR) is 123 cm³/mol. The summed E-state index contributed by atoms with van der Waals surface area (Å²) in [5.74, 6) is 2.64. The summed E-state index contributed by atoms with van der Waals surface area (Å²) in [6.07, 6.45) is 8.60. The van der Waals surface area contributed by atoms with E-state index in [0.29, 0.717) is 41.3 Å². The number of fused-ring (bicyclic) bond motifs is 1. The van der Waals surface area contributed by atoms with Gasteiger partial charge in [0.05, 0.1) is 0 Å². The molecule has 0 aliphatic heterocycles. The van der Waals surface area contributed by atoms with Gasteiger partial charge in [0.2, 0.25) is 11.9 Å². The number of halogens is 1. The molecule has 4 rings (SSSR count). The van der Waals surface area contributed by atoms with Crippen LogP contribution in [0, 0.1) is 23.2 Å². The van der Waals surface area contributed by atoms with Gasteiger partial charge in [-0.05, 0) is 80.2 Å². The molecule has 2 aromatic heterocycles. The summed E-state index contributed by atoms with van der Waals surface area (Å²) in [5.41, 5.74) is 1.65. The number of pyridine rings is 1. The second-order valence-electron chi connectivity index (χ2n) is 10.5. The molecule has 0 bridgehead atoms. The maximum absolute atomic E-state index is 13.3. The number of amides is 1. The summed E-state index contributed by atoms with van der Waals surface area (Å²) in [4.78, 5) is 22.5. The fraction of sp³-hybridized carbons (Fsp3) is 0.708. The zero-order valence-electron chi connectivity index (χ0n) is 18.7. The van der Waals surface area contributed by atoms with Crippen molar-refractivity contribution < 1.29 is 4.79 Å². The van der Waals surface area contributed by atoms with Crippen molar-refractivity contribution in [2.24, 2.45) is 23.2 Å². The third-order valence-corrected chi connectivity index (χ3v) is 7.15. The number of nitrogens with zero attached hydrogens (tertiary/aromatic N) is 3. The van der Waals surface area contributed by atoms with E-state index in [2.05, 4.69) is 42.6 Å². The number of anilines is 1. The van der Waals surface area contributed by atoms with E-state index in [9.17, 15) is 4.79 Å². The van der Waals surface area contributed by atoms with Crippen LogP contribution in [-0.4, -0.2) is 20.4 Å². The van der Waals surface area contributed by atoms with Crippen molar-refractivity contribution in [3.05, 3.63) is 17.3 Å². The van der Waals surface area contributed by atoms with Crippen molar-refractivity contribution in [2.75, 3.05) is 5.32 Å². The van der Waals surface area contributed by atoms with E-state index >= 15 is 0 Å². The van der Waals surface area contributed by atoms with Gasteiger partial charge in [-0.1, -0.05) is 39.3 Å². The number of nitrogens with one attached hydrogen (secondary N) is 1. The SMILES string of the molecule is CC(C)CC1(CC(=O)Nc2nc3ccc(Cl)nc3n2C2CCC2)CC(C)CC(C)C1. The smallest absolute Gasteiger partial charge is 0.227 e. The van der Waals surface area contributed by atoms with Crippen LogP contribution in [0.4, 0.5) is 5.95 Å². The van der Waals surface area contributed by atoms with E-state index in [-0.39, 0.29) is 11.3 Å². The first-order valence-corrected chi connectivity index (χ1v) is 12.0. The second kappa shape index (κ2) is 8.49. The van der Waals surface area contributed by atoms with Crippen molar-refractivity contribution in [3.63, 3.8) is 0 Å². The lowest BCUT2D eigenvalue weighted by molar-refractivity contribution is -0.120. The van der Waals surface area contributed by atoms with Gasteiger partial charge in [-0.2, -0.15) is 0 Å². The summed E-state index contributed by atoms with van der Waals surface area (Å²) in [6, 6.07) is 3.99. The first-order chi connectivity index (χ1) is 14.2. The van der Waals surface area contributed by atoms with Crippen LogP contribution >= 0.6 is 11.6 Å². The molecule has 0 radical (unpaired) electrons. The highest BCUT2D eigenvalue weighted by Gasteiger charge is 2.40. The monoisotopic (exact) mass is 430 g/mol. The lowest BCUT2D eigenvalue weighted by Gasteiger charge is -2.44. The number of carbonyl (C=O) groups is 1. The molecule has 1 N–H and O–H groups in total. The van der Waals surface area contributed by atoms with Crippen LogP contribution < -0.4 is 5.32 Å². The van der Waals surface area contributed by atoms with Crippen LogP contribution in [-0.2, 0) is 4.79 Å². The predicted octanol–water partition coefficient (Wildman–Crippen LogP) is 6.63. The minimum atomic E-state index is 0.0823. The van der Waals surface area contributed by atoms with Crippen molar-refractivity contribution in [1.82, 2.24) is 14.5 Å². The summed E-state index contributed by atoms with van der Waals surface area (Å²) in [5, 5.41) is 3.63. The Bertz CT molecular complexity index is 902. The van der Waals surface area contributed by atoms with Gasteiger partial charge in [-0.3, -0.25) is 14.7 Å². The molecule has 2 fully saturated rings. The number of hydrogen-bond acceptors (Lipinski definition) is 3. The highest BCUT2D eigenvalue weighted by Crippen LogP contribution is 2.48. The first-order valence-electron chi connectivity index (χ1n) is 11.6. The molecule has 2 unspecified atom stereocenters. The Balaban J connectivity index is 1.59. The van der Waals surface area contributed by atoms with Gasteiger partial charge in [0.1, 0.15) is 10.7 Å². The number of rotatable bonds is 6. The first kappa shape index (κ1) is 21.6. The summed E-state index contributed by atoms with van der Waals surface area (Å²) in [7, 11) is 0. The average molecular weight is 431 g/mol. The molecule has 2 heterocycles. The maximum atomic E-state index is 13.3. The Kier molecular flexibility index (Phi) is 6.11. The largest absolute Gasteiger partial charge is 0.296 e. The van der Waals surface area contributed by atoms with Crippen LogP contribution in [0.25, 0.3) is 11.2 Å². The third kappa shape index (κ3) is 4.51. The Morgan fingerprint density at radius 1 is 1.23 bits per heavy atom. The van der Waals surface area contributed by atoms with Crippen LogP contribution in [0.15, 0.2) is 12.1 Å². The summed E-state index contributed by atoms with van der Waals surface area (Å²) < 4.78 is 2.10. The standard InChI is InChI=1S/C24H35ClN4O/c1-15(2)11-24(12-16(3)10-17(4)13-24)14-21(30)28-23-26-19-8-9-20(25)27-22(19)29(23)18-6-5-7-18/h8-9,15-18H,5-7,10-14H2,1-4H3,(H,26,28,30). The van der Waals surface area contributed by atoms with Crippen LogP contribution in [0.1, 0.15) is 85.1 Å². The van der Waals surface area contributed by atoms with Gasteiger partial charge in [0.15, 0.2) is 5.65 Å². The Morgan fingerprint density at radius 3 is 2.53 bits per heavy atom. The molecule has 2 atom stereocenters. The molecular formula is C24H35ClN4O. The van der Waals surface area contributed by atoms with Crippen molar-refractivity contribution in [3.8, 4) is 0 Å². The average Bonchev–Trinajstić information content (AvgIpc) is 2.88. The van der Waals surface area contributed by atoms with Crippen LogP contribution in [0.2, 0.25) is 5.15 Å². The Morgan fingerprint density at radius 2 is 1.93 bits per heavy atom. The number of aromatic nitrogens is 3. The van der Waals surface area contributed by atoms with E-state index in [1.807, 2.05) is 6.07 Å². The Hall–Kier alpha value is -1.62. The molecule has 2 aromatic rings. The van der Waals surface area contributed by atoms with E-state index < -0.39 is 0 Å². The topological polar surface area (TPSA) is 59.8 Å². The zero-order chi connectivity index (χ0) is 21.5. The number of imidazole rings is 1. The zero-order valence-corrected chi connectivity index (χ0v) is 19.5. The summed E-state index contributed by atoms with van der Waals surface area (Å²) in [6.45, 7) is 9.23. The minimum Gasteiger partial charge on any atom is -0.296 e. The van der Waals surface area contributed by atoms with E-state index in [1.54, 1.807) is 6.07 Å². The van der Waals surface area contributed by atoms with Crippen molar-refractivity contribution >= 4 is 34.6 Å². The number of hydrogen-bond donors (Lipinski definition) is 1. The van der Waals surface area contributed by atoms with Crippen LogP contribution in [0.3, 0.4) is 0 Å². The molecule has 0 saturated heterocycles. The molecule has 2 aliphatic carbocycles. The lowest BCUT2D eigenvalue weighted by Crippen LogP contribution is -2.37. The van der Waals surface area contributed by atoms with E-state index in [1.165, 1.54) is 12.8 Å². The van der Waals surface area contributed by atoms with Crippen molar-refractivity contribution in [2.45, 2.75) is 85.1 Å². The fourth-order valence-corrected chi connectivity index (χ4v) is 6.35. The normalized spacial score (nSPS) is 27.4. The van der Waals surface area contributed by atoms with Gasteiger partial charge in [0, 0.05) is 12.5 Å². The molecule has 5 nitrogen and oxygen atoms in total. The summed E-state index contributed by atoms with van der Waals surface area (Å²) >= 11 is 6.15. The molecule has 30 heavy (non-hydrogen) atoms. The molecule has 164 valence electrons. The van der Waals surface area contributed by atoms with E-state index in [0.717, 1.165) is 43.3 Å². The fourth-order valence-electron chi connectivity index (χ4n) is 6.20. The lowest BCUT2D eigenvalue weighted by atomic mass is 9.61. The highest BCUT2D eigenvalue weighted by molar-refractivity contribution is 6.29. The van der Waals surface area contributed by atoms with Gasteiger partial charge in [-0.25, -0.2) is 9.97 Å². The van der Waals surface area contributed by atoms with Crippen molar-refractivity contribution in [1.29, 1.82) is 0 Å². The molecule has 2 aliphatic rings. The highest BCUT2D eigenvalue weighted by atomic mass is 35.5. The van der Waals surface area contributed by atoms with Gasteiger partial charge in [0.25, 0.3) is 0 Å².